The second kappa shape index (κ2) is 8.15. The highest BCUT2D eigenvalue weighted by Gasteiger charge is 2.45. The quantitative estimate of drug-likeness (QED) is 0.367. The van der Waals surface area contributed by atoms with E-state index in [0.717, 1.165) is 17.2 Å². The lowest BCUT2D eigenvalue weighted by Gasteiger charge is -2.31. The molecule has 0 aromatic heterocycles. The van der Waals surface area contributed by atoms with E-state index in [4.69, 9.17) is 0 Å². The van der Waals surface area contributed by atoms with Crippen LogP contribution in [-0.4, -0.2) is 60.2 Å². The van der Waals surface area contributed by atoms with E-state index in [2.05, 4.69) is 0 Å². The Balaban J connectivity index is 1.85. The number of hydrogen-bond acceptors (Lipinski definition) is 7. The van der Waals surface area contributed by atoms with Gasteiger partial charge in [-0.15, -0.1) is 0 Å². The molecule has 32 heavy (non-hydrogen) atoms. The molecule has 1 aliphatic rings. The fourth-order valence-corrected chi connectivity index (χ4v) is 4.23. The van der Waals surface area contributed by atoms with Crippen molar-refractivity contribution < 1.29 is 27.7 Å². The Morgan fingerprint density at radius 1 is 1.06 bits per heavy atom. The molecule has 3 amide bonds. The standard InChI is InChI=1S/C21H21N3O7S/c1-12(14-8-10-15(11-9-14)32(4,30)31)22(3)19(25)13(2)23-20(26)16-6-5-7-17(24(28)29)18(16)21(23)27/h5-13H,1-4H3. The molecule has 3 rings (SSSR count). The maximum absolute atomic E-state index is 13.1. The number of imide groups is 1. The minimum atomic E-state index is -3.36. The number of nitro benzene ring substituents is 1. The number of nitrogens with zero attached hydrogens (tertiary/aromatic N) is 3. The Morgan fingerprint density at radius 2 is 1.66 bits per heavy atom. The van der Waals surface area contributed by atoms with Gasteiger partial charge < -0.3 is 4.90 Å². The van der Waals surface area contributed by atoms with Crippen molar-refractivity contribution in [1.29, 1.82) is 0 Å². The number of sulfone groups is 1. The first-order chi connectivity index (χ1) is 14.9. The van der Waals surface area contributed by atoms with E-state index in [9.17, 15) is 32.9 Å². The van der Waals surface area contributed by atoms with Crippen molar-refractivity contribution in [1.82, 2.24) is 9.80 Å². The first-order valence-corrected chi connectivity index (χ1v) is 11.5. The van der Waals surface area contributed by atoms with Crippen molar-refractivity contribution >= 4 is 33.2 Å². The minimum Gasteiger partial charge on any atom is -0.337 e. The van der Waals surface area contributed by atoms with Crippen LogP contribution in [0.15, 0.2) is 47.4 Å². The number of carbonyl (C=O) groups excluding carboxylic acids is 3. The lowest BCUT2D eigenvalue weighted by Crippen LogP contribution is -2.48. The zero-order chi connectivity index (χ0) is 24.0. The predicted molar refractivity (Wildman–Crippen MR) is 114 cm³/mol. The number of likely N-dealkylation sites (N-methyl/N-ethyl adjacent to an activating group) is 1. The van der Waals surface area contributed by atoms with E-state index in [0.29, 0.717) is 5.56 Å². The minimum absolute atomic E-state index is 0.115. The average Bonchev–Trinajstić information content (AvgIpc) is 3.01. The van der Waals surface area contributed by atoms with Gasteiger partial charge in [-0.25, -0.2) is 8.42 Å². The predicted octanol–water partition coefficient (Wildman–Crippen LogP) is 2.20. The Hall–Kier alpha value is -3.60. The molecule has 2 atom stereocenters. The molecule has 11 heteroatoms. The van der Waals surface area contributed by atoms with Gasteiger partial charge >= 0.3 is 0 Å². The molecular weight excluding hydrogens is 438 g/mol. The lowest BCUT2D eigenvalue weighted by atomic mass is 10.1. The van der Waals surface area contributed by atoms with Gasteiger partial charge in [0.2, 0.25) is 5.91 Å². The Bertz CT molecular complexity index is 1240. The monoisotopic (exact) mass is 459 g/mol. The van der Waals surface area contributed by atoms with Crippen LogP contribution >= 0.6 is 0 Å². The van der Waals surface area contributed by atoms with E-state index in [1.807, 2.05) is 0 Å². The summed E-state index contributed by atoms with van der Waals surface area (Å²) in [6.45, 7) is 3.10. The zero-order valence-electron chi connectivity index (χ0n) is 17.8. The topological polar surface area (TPSA) is 135 Å². The molecule has 0 N–H and O–H groups in total. The van der Waals surface area contributed by atoms with Gasteiger partial charge in [0.15, 0.2) is 9.84 Å². The molecule has 0 fully saturated rings. The highest BCUT2D eigenvalue weighted by Crippen LogP contribution is 2.32. The molecule has 1 aliphatic heterocycles. The molecule has 1 heterocycles. The molecule has 2 unspecified atom stereocenters. The van der Waals surface area contributed by atoms with Crippen molar-refractivity contribution in [2.24, 2.45) is 0 Å². The molecule has 0 aliphatic carbocycles. The lowest BCUT2D eigenvalue weighted by molar-refractivity contribution is -0.385. The van der Waals surface area contributed by atoms with Gasteiger partial charge in [-0.05, 0) is 37.6 Å². The van der Waals surface area contributed by atoms with Crippen LogP contribution in [-0.2, 0) is 14.6 Å². The fourth-order valence-electron chi connectivity index (χ4n) is 3.60. The van der Waals surface area contributed by atoms with Crippen LogP contribution in [0.3, 0.4) is 0 Å². The summed E-state index contributed by atoms with van der Waals surface area (Å²) in [4.78, 5) is 51.4. The number of amides is 3. The number of nitro groups is 1. The van der Waals surface area contributed by atoms with Crippen LogP contribution in [0.1, 0.15) is 46.2 Å². The summed E-state index contributed by atoms with van der Waals surface area (Å²) in [5.41, 5.74) is -0.278. The molecule has 0 bridgehead atoms. The largest absolute Gasteiger partial charge is 0.337 e. The Morgan fingerprint density at radius 3 is 2.19 bits per heavy atom. The summed E-state index contributed by atoms with van der Waals surface area (Å²) in [6, 6.07) is 8.10. The summed E-state index contributed by atoms with van der Waals surface area (Å²) in [6.07, 6.45) is 1.09. The number of rotatable bonds is 6. The second-order valence-electron chi connectivity index (χ2n) is 7.58. The molecule has 2 aromatic carbocycles. The fraction of sp³-hybridized carbons (Fsp3) is 0.286. The third-order valence-electron chi connectivity index (χ3n) is 5.58. The summed E-state index contributed by atoms with van der Waals surface area (Å²) in [5.74, 6) is -2.22. The number of fused-ring (bicyclic) bond motifs is 1. The maximum Gasteiger partial charge on any atom is 0.282 e. The molecule has 168 valence electrons. The van der Waals surface area contributed by atoms with Crippen LogP contribution in [0.25, 0.3) is 0 Å². The van der Waals surface area contributed by atoms with Crippen molar-refractivity contribution in [3.8, 4) is 0 Å². The van der Waals surface area contributed by atoms with Gasteiger partial charge in [0.1, 0.15) is 11.6 Å². The highest BCUT2D eigenvalue weighted by molar-refractivity contribution is 7.90. The first kappa shape index (κ1) is 23.1. The van der Waals surface area contributed by atoms with Crippen molar-refractivity contribution in [2.75, 3.05) is 13.3 Å². The van der Waals surface area contributed by atoms with Crippen LogP contribution in [0.5, 0.6) is 0 Å². The number of carbonyl (C=O) groups is 3. The molecular formula is C21H21N3O7S. The third kappa shape index (κ3) is 3.86. The van der Waals surface area contributed by atoms with Gasteiger partial charge in [0.05, 0.1) is 21.4 Å². The van der Waals surface area contributed by atoms with E-state index in [1.165, 1.54) is 43.1 Å². The zero-order valence-corrected chi connectivity index (χ0v) is 18.6. The van der Waals surface area contributed by atoms with Crippen molar-refractivity contribution in [3.63, 3.8) is 0 Å². The van der Waals surface area contributed by atoms with Crippen LogP contribution < -0.4 is 0 Å². The number of benzene rings is 2. The van der Waals surface area contributed by atoms with Gasteiger partial charge in [-0.3, -0.25) is 29.4 Å². The van der Waals surface area contributed by atoms with Gasteiger partial charge in [-0.1, -0.05) is 18.2 Å². The summed E-state index contributed by atoms with van der Waals surface area (Å²) >= 11 is 0. The molecule has 0 saturated carbocycles. The Labute approximate surface area is 184 Å². The second-order valence-corrected chi connectivity index (χ2v) is 9.60. The molecule has 0 radical (unpaired) electrons. The molecule has 10 nitrogen and oxygen atoms in total. The van der Waals surface area contributed by atoms with Gasteiger partial charge in [0.25, 0.3) is 17.5 Å². The van der Waals surface area contributed by atoms with E-state index >= 15 is 0 Å². The first-order valence-electron chi connectivity index (χ1n) is 9.58. The van der Waals surface area contributed by atoms with Crippen LogP contribution in [0.4, 0.5) is 5.69 Å². The number of hydrogen-bond donors (Lipinski definition) is 0. The van der Waals surface area contributed by atoms with Crippen LogP contribution in [0.2, 0.25) is 0 Å². The Kier molecular flexibility index (Phi) is 5.88. The van der Waals surface area contributed by atoms with E-state index in [-0.39, 0.29) is 16.0 Å². The molecule has 2 aromatic rings. The molecule has 0 spiro atoms. The summed E-state index contributed by atoms with van der Waals surface area (Å²) < 4.78 is 23.3. The van der Waals surface area contributed by atoms with Gasteiger partial charge in [-0.2, -0.15) is 0 Å². The summed E-state index contributed by atoms with van der Waals surface area (Å²) in [7, 11) is -1.87. The smallest absolute Gasteiger partial charge is 0.282 e. The SMILES string of the molecule is CC(c1ccc(S(C)(=O)=O)cc1)N(C)C(=O)C(C)N1C(=O)c2cccc([N+](=O)[O-])c2C1=O. The van der Waals surface area contributed by atoms with Crippen LogP contribution in [0, 0.1) is 10.1 Å². The van der Waals surface area contributed by atoms with Gasteiger partial charge in [0, 0.05) is 19.4 Å². The third-order valence-corrected chi connectivity index (χ3v) is 6.71. The molecule has 0 saturated heterocycles. The van der Waals surface area contributed by atoms with Crippen molar-refractivity contribution in [3.05, 3.63) is 69.3 Å². The van der Waals surface area contributed by atoms with E-state index < -0.39 is 50.3 Å². The summed E-state index contributed by atoms with van der Waals surface area (Å²) in [5, 5.41) is 11.3. The van der Waals surface area contributed by atoms with Crippen molar-refractivity contribution in [2.45, 2.75) is 30.8 Å². The maximum atomic E-state index is 13.1. The van der Waals surface area contributed by atoms with E-state index in [1.54, 1.807) is 19.1 Å². The normalized spacial score (nSPS) is 15.3. The average molecular weight is 459 g/mol. The highest BCUT2D eigenvalue weighted by atomic mass is 32.2.